The molecule has 0 aliphatic heterocycles. The molecule has 1 unspecified atom stereocenters. The monoisotopic (exact) mass is 383 g/mol. The molecular weight excluding hydrogens is 365 g/mol. The average Bonchev–Trinajstić information content (AvgIpc) is 2.39. The van der Waals surface area contributed by atoms with E-state index in [4.69, 9.17) is 4.74 Å². The number of carbonyl (C=O) groups excluding carboxylic acids is 1. The lowest BCUT2D eigenvalue weighted by Gasteiger charge is -2.28. The van der Waals surface area contributed by atoms with Crippen molar-refractivity contribution in [2.45, 2.75) is 45.0 Å². The van der Waals surface area contributed by atoms with Crippen LogP contribution in [-0.2, 0) is 22.1 Å². The van der Waals surface area contributed by atoms with Gasteiger partial charge in [0.05, 0.1) is 0 Å². The largest absolute Gasteiger partial charge is 0.480 e. The second kappa shape index (κ2) is 7.46. The first-order valence-electron chi connectivity index (χ1n) is 7.37. The van der Waals surface area contributed by atoms with Crippen LogP contribution in [0.5, 0.6) is 0 Å². The Kier molecular flexibility index (Phi) is 6.22. The minimum Gasteiger partial charge on any atom is -0.480 e. The molecule has 146 valence electrons. The van der Waals surface area contributed by atoms with E-state index in [-0.39, 0.29) is 5.56 Å². The summed E-state index contributed by atoms with van der Waals surface area (Å²) in [5.74, 6) is -5.24. The van der Waals surface area contributed by atoms with Gasteiger partial charge in [0.2, 0.25) is 0 Å². The van der Waals surface area contributed by atoms with Crippen molar-refractivity contribution in [3.63, 3.8) is 0 Å². The number of rotatable bonds is 4. The Hall–Kier alpha value is -2.39. The molecule has 1 N–H and O–H groups in total. The summed E-state index contributed by atoms with van der Waals surface area (Å²) in [5.41, 5.74) is -3.33. The maximum absolute atomic E-state index is 13.6. The minimum atomic E-state index is -5.23. The van der Waals surface area contributed by atoms with E-state index in [1.165, 1.54) is 0 Å². The van der Waals surface area contributed by atoms with Crippen LogP contribution in [0.2, 0.25) is 0 Å². The Bertz CT molecular complexity index is 674. The van der Waals surface area contributed by atoms with E-state index in [2.05, 4.69) is 0 Å². The van der Waals surface area contributed by atoms with Crippen molar-refractivity contribution in [1.29, 1.82) is 0 Å². The summed E-state index contributed by atoms with van der Waals surface area (Å²) in [6, 6.07) is -0.810. The molecule has 1 aromatic carbocycles. The fraction of sp³-hybridized carbons (Fsp3) is 0.500. The summed E-state index contributed by atoms with van der Waals surface area (Å²) < 4.78 is 70.0. The normalized spacial score (nSPS) is 13.3. The second-order valence-corrected chi connectivity index (χ2v) is 6.58. The fourth-order valence-electron chi connectivity index (χ4n) is 2.09. The molecule has 10 heteroatoms. The minimum absolute atomic E-state index is 0.351. The summed E-state index contributed by atoms with van der Waals surface area (Å²) >= 11 is 0. The summed E-state index contributed by atoms with van der Waals surface area (Å²) in [4.78, 5) is 24.0. The number of carboxylic acids is 1. The molecular formula is C16H18F5NO4. The standard InChI is InChI=1S/C16H18F5NO4/c1-15(2,3)26-14(25)22(4)11(13(23)24)7-8-5-9(17)12(10(18)6-8)16(19,20)21/h5-6,11H,7H2,1-4H3,(H,23,24). The van der Waals surface area contributed by atoms with E-state index in [0.717, 1.165) is 7.05 Å². The van der Waals surface area contributed by atoms with Gasteiger partial charge in [-0.15, -0.1) is 0 Å². The number of carboxylic acid groups (broad SMARTS) is 1. The molecule has 26 heavy (non-hydrogen) atoms. The summed E-state index contributed by atoms with van der Waals surface area (Å²) in [6.45, 7) is 4.65. The van der Waals surface area contributed by atoms with Gasteiger partial charge in [0.25, 0.3) is 0 Å². The third kappa shape index (κ3) is 5.57. The molecule has 0 bridgehead atoms. The number of ether oxygens (including phenoxy) is 1. The Morgan fingerprint density at radius 1 is 1.15 bits per heavy atom. The molecule has 0 aliphatic rings. The van der Waals surface area contributed by atoms with Gasteiger partial charge in [-0.1, -0.05) is 0 Å². The first kappa shape index (κ1) is 21.7. The topological polar surface area (TPSA) is 66.8 Å². The van der Waals surface area contributed by atoms with Gasteiger partial charge in [0, 0.05) is 13.5 Å². The third-order valence-electron chi connectivity index (χ3n) is 3.25. The van der Waals surface area contributed by atoms with Crippen LogP contribution in [0.3, 0.4) is 0 Å². The number of alkyl halides is 3. The van der Waals surface area contributed by atoms with Gasteiger partial charge >= 0.3 is 18.2 Å². The van der Waals surface area contributed by atoms with E-state index >= 15 is 0 Å². The summed E-state index contributed by atoms with van der Waals surface area (Å²) in [5, 5.41) is 9.26. The number of hydrogen-bond acceptors (Lipinski definition) is 3. The first-order chi connectivity index (χ1) is 11.6. The molecule has 0 radical (unpaired) electrons. The maximum atomic E-state index is 13.6. The summed E-state index contributed by atoms with van der Waals surface area (Å²) in [6.07, 6.45) is -6.85. The smallest absolute Gasteiger partial charge is 0.422 e. The zero-order chi connectivity index (χ0) is 20.4. The van der Waals surface area contributed by atoms with E-state index in [1.54, 1.807) is 20.8 Å². The van der Waals surface area contributed by atoms with Crippen LogP contribution in [-0.4, -0.2) is 40.8 Å². The molecule has 5 nitrogen and oxygen atoms in total. The van der Waals surface area contributed by atoms with Gasteiger partial charge in [0.1, 0.15) is 28.8 Å². The highest BCUT2D eigenvalue weighted by molar-refractivity contribution is 5.80. The van der Waals surface area contributed by atoms with Gasteiger partial charge in [-0.25, -0.2) is 18.4 Å². The second-order valence-electron chi connectivity index (χ2n) is 6.58. The van der Waals surface area contributed by atoms with Crippen molar-refractivity contribution >= 4 is 12.1 Å². The fourth-order valence-corrected chi connectivity index (χ4v) is 2.09. The molecule has 0 aliphatic carbocycles. The predicted molar refractivity (Wildman–Crippen MR) is 80.5 cm³/mol. The van der Waals surface area contributed by atoms with E-state index in [0.29, 0.717) is 17.0 Å². The lowest BCUT2D eigenvalue weighted by molar-refractivity contribution is -0.143. The Morgan fingerprint density at radius 3 is 1.96 bits per heavy atom. The zero-order valence-corrected chi connectivity index (χ0v) is 14.4. The Morgan fingerprint density at radius 2 is 1.62 bits per heavy atom. The number of likely N-dealkylation sites (N-methyl/N-ethyl adjacent to an activating group) is 1. The number of nitrogens with zero attached hydrogens (tertiary/aromatic N) is 1. The van der Waals surface area contributed by atoms with Crippen molar-refractivity contribution in [2.75, 3.05) is 7.05 Å². The van der Waals surface area contributed by atoms with Crippen molar-refractivity contribution in [2.24, 2.45) is 0 Å². The van der Waals surface area contributed by atoms with Crippen LogP contribution in [0.25, 0.3) is 0 Å². The zero-order valence-electron chi connectivity index (χ0n) is 14.4. The lowest BCUT2D eigenvalue weighted by atomic mass is 10.0. The van der Waals surface area contributed by atoms with Crippen molar-refractivity contribution in [1.82, 2.24) is 4.90 Å². The molecule has 0 saturated heterocycles. The maximum Gasteiger partial charge on any atom is 0.422 e. The van der Waals surface area contributed by atoms with Crippen molar-refractivity contribution in [3.05, 3.63) is 34.9 Å². The lowest BCUT2D eigenvalue weighted by Crippen LogP contribution is -2.46. The number of halogens is 5. The van der Waals surface area contributed by atoms with Crippen LogP contribution in [0.4, 0.5) is 26.7 Å². The Labute approximate surface area is 146 Å². The predicted octanol–water partition coefficient (Wildman–Crippen LogP) is 3.85. The highest BCUT2D eigenvalue weighted by Crippen LogP contribution is 2.34. The average molecular weight is 383 g/mol. The number of aliphatic carboxylic acids is 1. The molecule has 0 heterocycles. The van der Waals surface area contributed by atoms with Gasteiger partial charge in [0.15, 0.2) is 0 Å². The molecule has 1 atom stereocenters. The van der Waals surface area contributed by atoms with Crippen molar-refractivity contribution in [3.8, 4) is 0 Å². The number of hydrogen-bond donors (Lipinski definition) is 1. The van der Waals surface area contributed by atoms with Crippen LogP contribution < -0.4 is 0 Å². The third-order valence-corrected chi connectivity index (χ3v) is 3.25. The number of carbonyl (C=O) groups is 2. The van der Waals surface area contributed by atoms with E-state index < -0.39 is 53.5 Å². The molecule has 0 spiro atoms. The van der Waals surface area contributed by atoms with Crippen LogP contribution in [0, 0.1) is 11.6 Å². The highest BCUT2D eigenvalue weighted by atomic mass is 19.4. The Balaban J connectivity index is 3.13. The summed E-state index contributed by atoms with van der Waals surface area (Å²) in [7, 11) is 1.10. The molecule has 0 saturated carbocycles. The molecule has 1 rings (SSSR count). The molecule has 1 amide bonds. The van der Waals surface area contributed by atoms with Crippen LogP contribution in [0.1, 0.15) is 31.9 Å². The molecule has 0 aromatic heterocycles. The van der Waals surface area contributed by atoms with Crippen molar-refractivity contribution < 1.29 is 41.4 Å². The molecule has 1 aromatic rings. The van der Waals surface area contributed by atoms with Crippen LogP contribution >= 0.6 is 0 Å². The van der Waals surface area contributed by atoms with Crippen LogP contribution in [0.15, 0.2) is 12.1 Å². The quantitative estimate of drug-likeness (QED) is 0.803. The SMILES string of the molecule is CN(C(=O)OC(C)(C)C)C(Cc1cc(F)c(C(F)(F)F)c(F)c1)C(=O)O. The number of benzene rings is 1. The number of amides is 1. The van der Waals surface area contributed by atoms with Gasteiger partial charge < -0.3 is 9.84 Å². The van der Waals surface area contributed by atoms with E-state index in [1.807, 2.05) is 0 Å². The molecule has 0 fully saturated rings. The van der Waals surface area contributed by atoms with Gasteiger partial charge in [-0.05, 0) is 38.5 Å². The highest BCUT2D eigenvalue weighted by Gasteiger charge is 2.38. The van der Waals surface area contributed by atoms with Gasteiger partial charge in [-0.3, -0.25) is 4.90 Å². The first-order valence-corrected chi connectivity index (χ1v) is 7.37. The van der Waals surface area contributed by atoms with Gasteiger partial charge in [-0.2, -0.15) is 13.2 Å². The van der Waals surface area contributed by atoms with E-state index in [9.17, 15) is 36.6 Å².